The zero-order chi connectivity index (χ0) is 14.7. The van der Waals surface area contributed by atoms with Gasteiger partial charge < -0.3 is 10.3 Å². The average Bonchev–Trinajstić information content (AvgIpc) is 2.98. The first-order valence-electron chi connectivity index (χ1n) is 6.41. The van der Waals surface area contributed by atoms with E-state index in [1.54, 1.807) is 11.8 Å². The summed E-state index contributed by atoms with van der Waals surface area (Å²) in [6.07, 6.45) is 0. The van der Waals surface area contributed by atoms with Gasteiger partial charge >= 0.3 is 0 Å². The number of nitrogens with two attached hydrogens (primary N) is 1. The summed E-state index contributed by atoms with van der Waals surface area (Å²) in [4.78, 5) is 1.04. The van der Waals surface area contributed by atoms with Crippen molar-refractivity contribution in [1.29, 1.82) is 0 Å². The van der Waals surface area contributed by atoms with Gasteiger partial charge in [-0.1, -0.05) is 51.4 Å². The molecule has 2 N–H and O–H groups in total. The first kappa shape index (κ1) is 14.2. The number of halogens is 1. The van der Waals surface area contributed by atoms with E-state index in [4.69, 9.17) is 10.3 Å². The van der Waals surface area contributed by atoms with Gasteiger partial charge in [0.1, 0.15) is 0 Å². The fourth-order valence-electron chi connectivity index (χ4n) is 1.90. The van der Waals surface area contributed by atoms with E-state index >= 15 is 0 Å². The monoisotopic (exact) mass is 360 g/mol. The zero-order valence-corrected chi connectivity index (χ0v) is 13.5. The second-order valence-corrected chi connectivity index (χ2v) is 6.45. The Morgan fingerprint density at radius 3 is 2.71 bits per heavy atom. The lowest BCUT2D eigenvalue weighted by Gasteiger charge is -2.04. The molecule has 0 bridgehead atoms. The molecule has 0 aliphatic rings. The Morgan fingerprint density at radius 2 is 1.90 bits per heavy atom. The molecule has 0 spiro atoms. The third-order valence-corrected chi connectivity index (χ3v) is 4.57. The zero-order valence-electron chi connectivity index (χ0n) is 11.1. The Morgan fingerprint density at radius 1 is 1.10 bits per heavy atom. The molecule has 5 heteroatoms. The Kier molecular flexibility index (Phi) is 4.31. The summed E-state index contributed by atoms with van der Waals surface area (Å²) < 4.78 is 6.41. The molecule has 0 fully saturated rings. The van der Waals surface area contributed by atoms with Gasteiger partial charge in [-0.3, -0.25) is 0 Å². The molecular formula is C16H13BrN2OS. The third-order valence-electron chi connectivity index (χ3n) is 2.97. The number of rotatable bonds is 4. The smallest absolute Gasteiger partial charge is 0.167 e. The summed E-state index contributed by atoms with van der Waals surface area (Å²) in [6, 6.07) is 17.8. The molecule has 3 rings (SSSR count). The maximum absolute atomic E-state index is 5.96. The van der Waals surface area contributed by atoms with Gasteiger partial charge in [0, 0.05) is 32.4 Å². The molecule has 106 valence electrons. The van der Waals surface area contributed by atoms with Crippen molar-refractivity contribution in [2.75, 3.05) is 5.73 Å². The summed E-state index contributed by atoms with van der Waals surface area (Å²) in [5.74, 6) is 1.50. The SMILES string of the molecule is Nc1ccc(Br)cc1SCc1cc(-c2ccccc2)on1. The van der Waals surface area contributed by atoms with Crippen molar-refractivity contribution in [3.8, 4) is 11.3 Å². The number of nitrogen functional groups attached to an aromatic ring is 1. The Bertz CT molecular complexity index is 743. The van der Waals surface area contributed by atoms with Gasteiger partial charge in [0.2, 0.25) is 0 Å². The van der Waals surface area contributed by atoms with Crippen LogP contribution in [0.4, 0.5) is 5.69 Å². The van der Waals surface area contributed by atoms with Crippen molar-refractivity contribution in [3.05, 3.63) is 64.8 Å². The second kappa shape index (κ2) is 6.37. The number of benzene rings is 2. The molecular weight excluding hydrogens is 348 g/mol. The highest BCUT2D eigenvalue weighted by Gasteiger charge is 2.08. The average molecular weight is 361 g/mol. The van der Waals surface area contributed by atoms with Crippen LogP contribution in [0.5, 0.6) is 0 Å². The highest BCUT2D eigenvalue weighted by molar-refractivity contribution is 9.10. The first-order chi connectivity index (χ1) is 10.2. The molecule has 0 aliphatic carbocycles. The highest BCUT2D eigenvalue weighted by atomic mass is 79.9. The number of hydrogen-bond acceptors (Lipinski definition) is 4. The van der Waals surface area contributed by atoms with Crippen molar-refractivity contribution < 1.29 is 4.52 Å². The van der Waals surface area contributed by atoms with E-state index in [0.29, 0.717) is 0 Å². The molecule has 21 heavy (non-hydrogen) atoms. The molecule has 0 amide bonds. The van der Waals surface area contributed by atoms with Crippen LogP contribution in [0.1, 0.15) is 5.69 Å². The maximum Gasteiger partial charge on any atom is 0.167 e. The fraction of sp³-hybridized carbons (Fsp3) is 0.0625. The minimum atomic E-state index is 0.719. The van der Waals surface area contributed by atoms with E-state index in [1.165, 1.54) is 0 Å². The number of nitrogens with zero attached hydrogens (tertiary/aromatic N) is 1. The van der Waals surface area contributed by atoms with Gasteiger partial charge in [-0.2, -0.15) is 0 Å². The minimum absolute atomic E-state index is 0.719. The minimum Gasteiger partial charge on any atom is -0.398 e. The lowest BCUT2D eigenvalue weighted by atomic mass is 10.2. The van der Waals surface area contributed by atoms with Crippen molar-refractivity contribution >= 4 is 33.4 Å². The number of hydrogen-bond donors (Lipinski definition) is 1. The van der Waals surface area contributed by atoms with E-state index in [-0.39, 0.29) is 0 Å². The number of aromatic nitrogens is 1. The molecule has 0 unspecified atom stereocenters. The predicted octanol–water partition coefficient (Wildman–Crippen LogP) is 4.98. The molecule has 1 aromatic heterocycles. The third kappa shape index (κ3) is 3.49. The lowest BCUT2D eigenvalue weighted by Crippen LogP contribution is -1.89. The summed E-state index contributed by atoms with van der Waals surface area (Å²) in [7, 11) is 0. The summed E-state index contributed by atoms with van der Waals surface area (Å²) >= 11 is 5.10. The number of thioether (sulfide) groups is 1. The van der Waals surface area contributed by atoms with Gasteiger partial charge in [0.05, 0.1) is 5.69 Å². The highest BCUT2D eigenvalue weighted by Crippen LogP contribution is 2.31. The van der Waals surface area contributed by atoms with Crippen molar-refractivity contribution in [2.45, 2.75) is 10.6 Å². The van der Waals surface area contributed by atoms with Gasteiger partial charge in [0.15, 0.2) is 5.76 Å². The van der Waals surface area contributed by atoms with Crippen LogP contribution in [-0.4, -0.2) is 5.16 Å². The summed E-state index contributed by atoms with van der Waals surface area (Å²) in [5.41, 5.74) is 8.67. The second-order valence-electron chi connectivity index (χ2n) is 4.52. The first-order valence-corrected chi connectivity index (χ1v) is 8.19. The molecule has 2 aromatic carbocycles. The molecule has 0 atom stereocenters. The van der Waals surface area contributed by atoms with Crippen molar-refractivity contribution in [1.82, 2.24) is 5.16 Å². The molecule has 0 saturated carbocycles. The molecule has 0 radical (unpaired) electrons. The van der Waals surface area contributed by atoms with Crippen LogP contribution in [0, 0.1) is 0 Å². The van der Waals surface area contributed by atoms with Crippen LogP contribution >= 0.6 is 27.7 Å². The van der Waals surface area contributed by atoms with Gasteiger partial charge in [-0.25, -0.2) is 0 Å². The van der Waals surface area contributed by atoms with Crippen LogP contribution in [0.15, 0.2) is 68.5 Å². The van der Waals surface area contributed by atoms with Crippen LogP contribution in [0.25, 0.3) is 11.3 Å². The Hall–Kier alpha value is -1.72. The molecule has 1 heterocycles. The van der Waals surface area contributed by atoms with Gasteiger partial charge in [-0.15, -0.1) is 11.8 Å². The van der Waals surface area contributed by atoms with Gasteiger partial charge in [0.25, 0.3) is 0 Å². The van der Waals surface area contributed by atoms with E-state index in [9.17, 15) is 0 Å². The van der Waals surface area contributed by atoms with Crippen molar-refractivity contribution in [3.63, 3.8) is 0 Å². The van der Waals surface area contributed by atoms with E-state index < -0.39 is 0 Å². The van der Waals surface area contributed by atoms with Crippen LogP contribution in [0.2, 0.25) is 0 Å². The van der Waals surface area contributed by atoms with E-state index in [1.807, 2.05) is 54.6 Å². The molecule has 3 aromatic rings. The molecule has 0 saturated heterocycles. The molecule has 3 nitrogen and oxygen atoms in total. The van der Waals surface area contributed by atoms with Crippen LogP contribution < -0.4 is 5.73 Å². The normalized spacial score (nSPS) is 10.7. The standard InChI is InChI=1S/C16H13BrN2OS/c17-12-6-7-14(18)16(8-12)21-10-13-9-15(20-19-13)11-4-2-1-3-5-11/h1-9H,10,18H2. The topological polar surface area (TPSA) is 52.0 Å². The van der Waals surface area contributed by atoms with E-state index in [2.05, 4.69) is 21.1 Å². The predicted molar refractivity (Wildman–Crippen MR) is 90.1 cm³/mol. The summed E-state index contributed by atoms with van der Waals surface area (Å²) in [6.45, 7) is 0. The number of anilines is 1. The van der Waals surface area contributed by atoms with E-state index in [0.717, 1.165) is 37.8 Å². The van der Waals surface area contributed by atoms with Crippen molar-refractivity contribution in [2.24, 2.45) is 0 Å². The molecule has 0 aliphatic heterocycles. The maximum atomic E-state index is 5.96. The van der Waals surface area contributed by atoms with Crippen LogP contribution in [0.3, 0.4) is 0 Å². The lowest BCUT2D eigenvalue weighted by molar-refractivity contribution is 0.426. The Balaban J connectivity index is 1.72. The summed E-state index contributed by atoms with van der Waals surface area (Å²) in [5, 5.41) is 4.11. The Labute approximate surface area is 135 Å². The largest absolute Gasteiger partial charge is 0.398 e. The van der Waals surface area contributed by atoms with Crippen LogP contribution in [-0.2, 0) is 5.75 Å². The van der Waals surface area contributed by atoms with Gasteiger partial charge in [-0.05, 0) is 18.2 Å². The fourth-order valence-corrected chi connectivity index (χ4v) is 3.30. The quantitative estimate of drug-likeness (QED) is 0.526.